The zero-order valence-electron chi connectivity index (χ0n) is 28.5. The van der Waals surface area contributed by atoms with Gasteiger partial charge >= 0.3 is 5.97 Å². The Morgan fingerprint density at radius 2 is 1.67 bits per heavy atom. The van der Waals surface area contributed by atoms with Gasteiger partial charge in [-0.05, 0) is 128 Å². The standard InChI is InChI=1S/C40H56O5/c1-23(2)25-8-10-26(11-9-25)33-44-22-39-21-40(39)19-17-36(6)32(37(40,7)14-13-30(39)45-33)29(41)20-28-31-27(24(3)4)12-15-38(31,34(42)43)18-16-35(28,36)5/h8-11,23,27-33,41H,3,12-22H2,1-2,4-7H3,(H,42,43)/t27-,28+,29+,30+,31+,32-,33?,35+,36+,37+,38-,39+,40-/m0/s1. The van der Waals surface area contributed by atoms with E-state index in [1.54, 1.807) is 0 Å². The van der Waals surface area contributed by atoms with Crippen molar-refractivity contribution >= 4 is 5.97 Å². The maximum atomic E-state index is 13.0. The van der Waals surface area contributed by atoms with E-state index in [0.717, 1.165) is 82.0 Å². The monoisotopic (exact) mass is 616 g/mol. The van der Waals surface area contributed by atoms with Gasteiger partial charge in [0.25, 0.3) is 0 Å². The zero-order valence-corrected chi connectivity index (χ0v) is 28.5. The minimum absolute atomic E-state index is 0.00507. The van der Waals surface area contributed by atoms with Gasteiger partial charge in [-0.2, -0.15) is 0 Å². The first-order chi connectivity index (χ1) is 21.2. The number of aliphatic hydroxyl groups is 1. The maximum Gasteiger partial charge on any atom is 0.309 e. The van der Waals surface area contributed by atoms with E-state index in [2.05, 4.69) is 72.4 Å². The Morgan fingerprint density at radius 3 is 2.33 bits per heavy atom. The fourth-order valence-electron chi connectivity index (χ4n) is 14.2. The van der Waals surface area contributed by atoms with Crippen molar-refractivity contribution in [3.8, 4) is 0 Å². The molecule has 0 aromatic heterocycles. The van der Waals surface area contributed by atoms with Gasteiger partial charge in [-0.3, -0.25) is 4.79 Å². The number of hydrogen-bond donors (Lipinski definition) is 2. The number of hydrogen-bond acceptors (Lipinski definition) is 4. The lowest BCUT2D eigenvalue weighted by molar-refractivity contribution is -0.306. The van der Waals surface area contributed by atoms with E-state index in [1.807, 2.05) is 0 Å². The van der Waals surface area contributed by atoms with E-state index in [-0.39, 0.29) is 63.1 Å². The van der Waals surface area contributed by atoms with E-state index in [9.17, 15) is 15.0 Å². The number of ether oxygens (including phenoxy) is 2. The molecule has 0 bridgehead atoms. The third-order valence-corrected chi connectivity index (χ3v) is 16.7. The lowest BCUT2D eigenvalue weighted by atomic mass is 9.32. The molecule has 45 heavy (non-hydrogen) atoms. The SMILES string of the molecule is C=C(C)[C@@H]1CC[C@]2(C(=O)O)CC[C@]3(C)[C@H](C[C@@H](O)[C@@H]4[C@@]5(C)CC[C@H]6OC(c7ccc(C(C)C)cc7)OC[C@]67C[C@]75CC[C@]43C)[C@@H]12. The van der Waals surface area contributed by atoms with Crippen molar-refractivity contribution in [2.75, 3.05) is 6.61 Å². The second-order valence-electron chi connectivity index (χ2n) is 18.2. The first-order valence-corrected chi connectivity index (χ1v) is 18.1. The Labute approximate surface area is 270 Å². The van der Waals surface area contributed by atoms with Crippen molar-refractivity contribution in [1.82, 2.24) is 0 Å². The molecule has 7 aliphatic rings. The molecule has 1 heterocycles. The molecule has 0 amide bonds. The third-order valence-electron chi connectivity index (χ3n) is 16.7. The van der Waals surface area contributed by atoms with Gasteiger partial charge in [-0.15, -0.1) is 0 Å². The van der Waals surface area contributed by atoms with Crippen LogP contribution >= 0.6 is 0 Å². The Balaban J connectivity index is 1.10. The molecule has 1 aromatic rings. The highest BCUT2D eigenvalue weighted by Crippen LogP contribution is 2.88. The Hall–Kier alpha value is -1.69. The van der Waals surface area contributed by atoms with E-state index >= 15 is 0 Å². The number of carboxylic acid groups (broad SMARTS) is 1. The van der Waals surface area contributed by atoms with Gasteiger partial charge in [0.1, 0.15) is 0 Å². The van der Waals surface area contributed by atoms with Crippen LogP contribution in [-0.4, -0.2) is 35.0 Å². The predicted molar refractivity (Wildman–Crippen MR) is 174 cm³/mol. The van der Waals surface area contributed by atoms with E-state index in [0.29, 0.717) is 5.92 Å². The van der Waals surface area contributed by atoms with Gasteiger partial charge in [0.2, 0.25) is 0 Å². The maximum absolute atomic E-state index is 13.0. The van der Waals surface area contributed by atoms with Gasteiger partial charge in [0.05, 0.1) is 24.2 Å². The molecule has 8 rings (SSSR count). The number of aliphatic hydroxyl groups excluding tert-OH is 1. The van der Waals surface area contributed by atoms with Crippen molar-refractivity contribution < 1.29 is 24.5 Å². The Morgan fingerprint density at radius 1 is 0.956 bits per heavy atom. The largest absolute Gasteiger partial charge is 0.481 e. The predicted octanol–water partition coefficient (Wildman–Crippen LogP) is 8.67. The molecule has 1 unspecified atom stereocenters. The first-order valence-electron chi connectivity index (χ1n) is 18.1. The number of rotatable bonds is 4. The van der Waals surface area contributed by atoms with Gasteiger partial charge in [0, 0.05) is 11.0 Å². The van der Waals surface area contributed by atoms with Crippen molar-refractivity contribution in [2.24, 2.45) is 56.2 Å². The highest BCUT2D eigenvalue weighted by Gasteiger charge is 2.85. The van der Waals surface area contributed by atoms with Crippen LogP contribution in [-0.2, 0) is 14.3 Å². The zero-order chi connectivity index (χ0) is 31.9. The molecule has 2 spiro atoms. The minimum Gasteiger partial charge on any atom is -0.481 e. The van der Waals surface area contributed by atoms with Crippen LogP contribution in [0.2, 0.25) is 0 Å². The summed E-state index contributed by atoms with van der Waals surface area (Å²) < 4.78 is 13.5. The van der Waals surface area contributed by atoms with Crippen molar-refractivity contribution in [2.45, 2.75) is 130 Å². The summed E-state index contributed by atoms with van der Waals surface area (Å²) >= 11 is 0. The Kier molecular flexibility index (Phi) is 6.45. The lowest BCUT2D eigenvalue weighted by Gasteiger charge is -2.73. The number of fused-ring (bicyclic) bond motifs is 6. The summed E-state index contributed by atoms with van der Waals surface area (Å²) in [5.41, 5.74) is 3.04. The summed E-state index contributed by atoms with van der Waals surface area (Å²) in [5.74, 6) is 0.590. The topological polar surface area (TPSA) is 76.0 Å². The van der Waals surface area contributed by atoms with E-state index in [1.165, 1.54) is 5.56 Å². The van der Waals surface area contributed by atoms with Crippen molar-refractivity contribution in [1.29, 1.82) is 0 Å². The smallest absolute Gasteiger partial charge is 0.309 e. The van der Waals surface area contributed by atoms with Crippen LogP contribution in [0.25, 0.3) is 0 Å². The van der Waals surface area contributed by atoms with Gasteiger partial charge in [-0.25, -0.2) is 0 Å². The second-order valence-corrected chi connectivity index (χ2v) is 18.2. The highest BCUT2D eigenvalue weighted by atomic mass is 16.7. The number of carboxylic acids is 1. The first kappa shape index (κ1) is 30.6. The summed E-state index contributed by atoms with van der Waals surface area (Å²) in [5, 5.41) is 23.1. The number of aliphatic carboxylic acids is 1. The quantitative estimate of drug-likeness (QED) is 0.331. The number of benzene rings is 1. The average Bonchev–Trinajstić information content (AvgIpc) is 3.49. The van der Waals surface area contributed by atoms with Crippen LogP contribution in [0.15, 0.2) is 36.4 Å². The fraction of sp³-hybridized carbons (Fsp3) is 0.775. The van der Waals surface area contributed by atoms with Crippen LogP contribution in [0.4, 0.5) is 0 Å². The van der Waals surface area contributed by atoms with Crippen LogP contribution in [0.5, 0.6) is 0 Å². The Bertz CT molecular complexity index is 1420. The van der Waals surface area contributed by atoms with Crippen LogP contribution in [0.1, 0.15) is 129 Å². The summed E-state index contributed by atoms with van der Waals surface area (Å²) in [4.78, 5) is 13.0. The summed E-state index contributed by atoms with van der Waals surface area (Å²) in [6.45, 7) is 19.2. The van der Waals surface area contributed by atoms with Crippen LogP contribution in [0, 0.1) is 56.2 Å². The van der Waals surface area contributed by atoms with Crippen molar-refractivity contribution in [3.05, 3.63) is 47.5 Å². The third kappa shape index (κ3) is 3.54. The average molecular weight is 617 g/mol. The molecular formula is C40H56O5. The lowest BCUT2D eigenvalue weighted by Crippen LogP contribution is -2.70. The van der Waals surface area contributed by atoms with E-state index < -0.39 is 17.5 Å². The molecule has 1 aliphatic heterocycles. The number of carbonyl (C=O) groups is 1. The fourth-order valence-corrected chi connectivity index (χ4v) is 14.2. The highest BCUT2D eigenvalue weighted by molar-refractivity contribution is 5.76. The molecule has 0 radical (unpaired) electrons. The molecule has 1 saturated heterocycles. The molecule has 5 heteroatoms. The molecule has 13 atom stereocenters. The molecule has 6 saturated carbocycles. The molecule has 6 aliphatic carbocycles. The van der Waals surface area contributed by atoms with Crippen molar-refractivity contribution in [3.63, 3.8) is 0 Å². The van der Waals surface area contributed by atoms with Crippen LogP contribution in [0.3, 0.4) is 0 Å². The normalized spacial score (nSPS) is 52.8. The molecule has 246 valence electrons. The summed E-state index contributed by atoms with van der Waals surface area (Å²) in [6, 6.07) is 8.79. The summed E-state index contributed by atoms with van der Waals surface area (Å²) in [6.07, 6.45) is 9.06. The molecule has 7 fully saturated rings. The van der Waals surface area contributed by atoms with Gasteiger partial charge in [0.15, 0.2) is 6.29 Å². The summed E-state index contributed by atoms with van der Waals surface area (Å²) in [7, 11) is 0. The second kappa shape index (κ2) is 9.47. The number of allylic oxidation sites excluding steroid dienone is 1. The molecule has 1 aromatic carbocycles. The molecule has 5 nitrogen and oxygen atoms in total. The van der Waals surface area contributed by atoms with Crippen LogP contribution < -0.4 is 0 Å². The van der Waals surface area contributed by atoms with E-state index in [4.69, 9.17) is 9.47 Å². The minimum atomic E-state index is -0.669. The molecular weight excluding hydrogens is 560 g/mol. The van der Waals surface area contributed by atoms with Gasteiger partial charge in [-0.1, -0.05) is 71.0 Å². The van der Waals surface area contributed by atoms with Gasteiger partial charge < -0.3 is 19.7 Å². The molecule has 2 N–H and O–H groups in total.